The summed E-state index contributed by atoms with van der Waals surface area (Å²) in [6.45, 7) is 3.99. The topological polar surface area (TPSA) is 58.5 Å². The Morgan fingerprint density at radius 3 is 2.65 bits per heavy atom. The molecule has 0 atom stereocenters. The van der Waals surface area contributed by atoms with Gasteiger partial charge in [0.15, 0.2) is 5.96 Å². The van der Waals surface area contributed by atoms with Gasteiger partial charge in [0.25, 0.3) is 0 Å². The van der Waals surface area contributed by atoms with Crippen molar-refractivity contribution in [1.82, 2.24) is 15.6 Å². The van der Waals surface area contributed by atoms with Crippen LogP contribution in [0.2, 0.25) is 0 Å². The van der Waals surface area contributed by atoms with Gasteiger partial charge < -0.3 is 15.4 Å². The predicted octanol–water partition coefficient (Wildman–Crippen LogP) is 3.54. The number of nitrogens with zero attached hydrogens (tertiary/aromatic N) is 2. The molecule has 0 saturated heterocycles. The van der Waals surface area contributed by atoms with E-state index in [-0.39, 0.29) is 29.8 Å². The van der Waals surface area contributed by atoms with Crippen LogP contribution in [0.5, 0.6) is 5.88 Å². The first kappa shape index (κ1) is 22.1. The molecule has 26 heavy (non-hydrogen) atoms. The first-order valence-electron chi connectivity index (χ1n) is 8.48. The van der Waals surface area contributed by atoms with E-state index < -0.39 is 0 Å². The van der Waals surface area contributed by atoms with Crippen LogP contribution in [-0.4, -0.2) is 31.1 Å². The van der Waals surface area contributed by atoms with E-state index in [4.69, 9.17) is 4.74 Å². The fourth-order valence-electron chi connectivity index (χ4n) is 2.26. The minimum atomic E-state index is -0.216. The van der Waals surface area contributed by atoms with E-state index in [0.717, 1.165) is 24.0 Å². The molecule has 142 valence electrons. The fraction of sp³-hybridized carbons (Fsp3) is 0.368. The second kappa shape index (κ2) is 12.5. The van der Waals surface area contributed by atoms with Gasteiger partial charge in [-0.1, -0.05) is 25.1 Å². The number of hydrogen-bond donors (Lipinski definition) is 2. The highest BCUT2D eigenvalue weighted by molar-refractivity contribution is 14.0. The van der Waals surface area contributed by atoms with Crippen molar-refractivity contribution in [1.29, 1.82) is 0 Å². The SMILES string of the molecule is CCCOc1ncccc1CNC(=NC)NCCc1ccc(F)cc1.I. The maximum Gasteiger partial charge on any atom is 0.218 e. The summed E-state index contributed by atoms with van der Waals surface area (Å²) >= 11 is 0. The van der Waals surface area contributed by atoms with Gasteiger partial charge in [0, 0.05) is 31.9 Å². The Hall–Kier alpha value is -1.90. The molecular weight excluding hydrogens is 446 g/mol. The molecular formula is C19H26FIN4O. The Labute approximate surface area is 171 Å². The lowest BCUT2D eigenvalue weighted by atomic mass is 10.1. The van der Waals surface area contributed by atoms with Gasteiger partial charge in [-0.15, -0.1) is 24.0 Å². The van der Waals surface area contributed by atoms with Crippen LogP contribution in [0.4, 0.5) is 4.39 Å². The molecule has 2 aromatic rings. The van der Waals surface area contributed by atoms with Crippen LogP contribution in [0.15, 0.2) is 47.6 Å². The molecule has 2 N–H and O–H groups in total. The summed E-state index contributed by atoms with van der Waals surface area (Å²) < 4.78 is 18.6. The van der Waals surface area contributed by atoms with Crippen LogP contribution in [0.3, 0.4) is 0 Å². The number of pyridine rings is 1. The molecule has 0 bridgehead atoms. The first-order chi connectivity index (χ1) is 12.2. The summed E-state index contributed by atoms with van der Waals surface area (Å²) in [5.74, 6) is 1.14. The molecule has 0 aliphatic carbocycles. The van der Waals surface area contributed by atoms with Gasteiger partial charge in [0.1, 0.15) is 5.82 Å². The second-order valence-corrected chi connectivity index (χ2v) is 5.55. The smallest absolute Gasteiger partial charge is 0.218 e. The number of guanidine groups is 1. The number of aliphatic imine (C=N–C) groups is 1. The molecule has 0 aliphatic heterocycles. The average Bonchev–Trinajstić information content (AvgIpc) is 2.65. The number of aromatic nitrogens is 1. The van der Waals surface area contributed by atoms with Crippen LogP contribution < -0.4 is 15.4 Å². The van der Waals surface area contributed by atoms with Gasteiger partial charge in [-0.2, -0.15) is 0 Å². The van der Waals surface area contributed by atoms with Crippen LogP contribution in [0.25, 0.3) is 0 Å². The van der Waals surface area contributed by atoms with Crippen molar-refractivity contribution in [2.45, 2.75) is 26.3 Å². The summed E-state index contributed by atoms with van der Waals surface area (Å²) in [7, 11) is 1.73. The molecule has 7 heteroatoms. The number of halogens is 2. The van der Waals surface area contributed by atoms with E-state index in [1.165, 1.54) is 12.1 Å². The third kappa shape index (κ3) is 7.55. The van der Waals surface area contributed by atoms with Crippen molar-refractivity contribution in [3.8, 4) is 5.88 Å². The van der Waals surface area contributed by atoms with Gasteiger partial charge in [0.2, 0.25) is 5.88 Å². The Bertz CT molecular complexity index is 679. The van der Waals surface area contributed by atoms with E-state index in [9.17, 15) is 4.39 Å². The molecule has 0 fully saturated rings. The van der Waals surface area contributed by atoms with Crippen molar-refractivity contribution < 1.29 is 9.13 Å². The third-order valence-electron chi connectivity index (χ3n) is 3.58. The molecule has 0 unspecified atom stereocenters. The Morgan fingerprint density at radius 1 is 1.19 bits per heavy atom. The molecule has 0 spiro atoms. The fourth-order valence-corrected chi connectivity index (χ4v) is 2.26. The van der Waals surface area contributed by atoms with Crippen molar-refractivity contribution in [3.05, 3.63) is 59.5 Å². The van der Waals surface area contributed by atoms with Crippen molar-refractivity contribution in [3.63, 3.8) is 0 Å². The van der Waals surface area contributed by atoms with Crippen LogP contribution >= 0.6 is 24.0 Å². The molecule has 1 heterocycles. The Balaban J connectivity index is 0.00000338. The zero-order valence-corrected chi connectivity index (χ0v) is 17.5. The largest absolute Gasteiger partial charge is 0.477 e. The van der Waals surface area contributed by atoms with Gasteiger partial charge in [-0.25, -0.2) is 9.37 Å². The van der Waals surface area contributed by atoms with Crippen molar-refractivity contribution in [2.24, 2.45) is 4.99 Å². The summed E-state index contributed by atoms with van der Waals surface area (Å²) in [5.41, 5.74) is 2.06. The van der Waals surface area contributed by atoms with E-state index in [1.54, 1.807) is 25.4 Å². The zero-order chi connectivity index (χ0) is 17.9. The molecule has 0 amide bonds. The van der Waals surface area contributed by atoms with Gasteiger partial charge >= 0.3 is 0 Å². The zero-order valence-electron chi connectivity index (χ0n) is 15.2. The normalized spacial score (nSPS) is 10.8. The highest BCUT2D eigenvalue weighted by atomic mass is 127. The maximum atomic E-state index is 12.9. The lowest BCUT2D eigenvalue weighted by molar-refractivity contribution is 0.301. The van der Waals surface area contributed by atoms with Crippen LogP contribution in [-0.2, 0) is 13.0 Å². The highest BCUT2D eigenvalue weighted by Gasteiger charge is 2.05. The number of hydrogen-bond acceptors (Lipinski definition) is 3. The molecule has 0 saturated carbocycles. The van der Waals surface area contributed by atoms with Crippen molar-refractivity contribution >= 4 is 29.9 Å². The number of benzene rings is 1. The standard InChI is InChI=1S/C19H25FN4O.HI/c1-3-13-25-18-16(5-4-11-22-18)14-24-19(21-2)23-12-10-15-6-8-17(20)9-7-15;/h4-9,11H,3,10,12-14H2,1-2H3,(H2,21,23,24);1H. The van der Waals surface area contributed by atoms with E-state index in [0.29, 0.717) is 31.5 Å². The third-order valence-corrected chi connectivity index (χ3v) is 3.58. The molecule has 0 radical (unpaired) electrons. The molecule has 1 aromatic heterocycles. The van der Waals surface area contributed by atoms with Crippen molar-refractivity contribution in [2.75, 3.05) is 20.2 Å². The molecule has 1 aromatic carbocycles. The second-order valence-electron chi connectivity index (χ2n) is 5.55. The number of rotatable bonds is 8. The minimum Gasteiger partial charge on any atom is -0.477 e. The monoisotopic (exact) mass is 472 g/mol. The summed E-state index contributed by atoms with van der Waals surface area (Å²) in [6.07, 6.45) is 3.46. The average molecular weight is 472 g/mol. The summed E-state index contributed by atoms with van der Waals surface area (Å²) in [4.78, 5) is 8.49. The van der Waals surface area contributed by atoms with Gasteiger partial charge in [-0.05, 0) is 36.6 Å². The number of ether oxygens (including phenoxy) is 1. The summed E-state index contributed by atoms with van der Waals surface area (Å²) in [5, 5.41) is 6.51. The Morgan fingerprint density at radius 2 is 1.96 bits per heavy atom. The minimum absolute atomic E-state index is 0. The molecule has 2 rings (SSSR count). The lowest BCUT2D eigenvalue weighted by Crippen LogP contribution is -2.38. The molecule has 0 aliphatic rings. The molecule has 5 nitrogen and oxygen atoms in total. The van der Waals surface area contributed by atoms with Gasteiger partial charge in [0.05, 0.1) is 6.61 Å². The van der Waals surface area contributed by atoms with Crippen LogP contribution in [0, 0.1) is 5.82 Å². The van der Waals surface area contributed by atoms with Gasteiger partial charge in [-0.3, -0.25) is 4.99 Å². The lowest BCUT2D eigenvalue weighted by Gasteiger charge is -2.14. The highest BCUT2D eigenvalue weighted by Crippen LogP contribution is 2.14. The van der Waals surface area contributed by atoms with E-state index in [2.05, 4.69) is 27.5 Å². The predicted molar refractivity (Wildman–Crippen MR) is 114 cm³/mol. The summed E-state index contributed by atoms with van der Waals surface area (Å²) in [6, 6.07) is 10.4. The Kier molecular flexibility index (Phi) is 10.6. The first-order valence-corrected chi connectivity index (χ1v) is 8.48. The van der Waals surface area contributed by atoms with E-state index >= 15 is 0 Å². The van der Waals surface area contributed by atoms with E-state index in [1.807, 2.05) is 12.1 Å². The number of nitrogens with one attached hydrogen (secondary N) is 2. The quantitative estimate of drug-likeness (QED) is 0.351. The van der Waals surface area contributed by atoms with Crippen LogP contribution in [0.1, 0.15) is 24.5 Å². The maximum absolute atomic E-state index is 12.9.